The molecule has 5 rings (SSSR count). The number of nitrogens with zero attached hydrogens (tertiary/aromatic N) is 4. The van der Waals surface area contributed by atoms with Gasteiger partial charge in [-0.15, -0.1) is 11.3 Å². The molecular weight excluding hydrogens is 448 g/mol. The number of pyridine rings is 1. The fourth-order valence-corrected chi connectivity index (χ4v) is 6.05. The van der Waals surface area contributed by atoms with E-state index in [0.29, 0.717) is 6.54 Å². The monoisotopic (exact) mass is 474 g/mol. The number of hydrogen-bond donors (Lipinski definition) is 0. The number of thiazole rings is 1. The van der Waals surface area contributed by atoms with Crippen LogP contribution in [0.2, 0.25) is 0 Å². The average Bonchev–Trinajstić information content (AvgIpc) is 3.58. The largest absolute Gasteiger partial charge is 0.333 e. The summed E-state index contributed by atoms with van der Waals surface area (Å²) in [6, 6.07) is 11.1. The Balaban J connectivity index is 1.49. The number of aromatic nitrogens is 2. The van der Waals surface area contributed by atoms with Gasteiger partial charge in [0.2, 0.25) is 17.7 Å². The lowest BCUT2D eigenvalue weighted by Crippen LogP contribution is -2.43. The van der Waals surface area contributed by atoms with Gasteiger partial charge in [0, 0.05) is 43.4 Å². The van der Waals surface area contributed by atoms with E-state index in [-0.39, 0.29) is 43.1 Å². The molecule has 0 bridgehead atoms. The first kappa shape index (κ1) is 22.4. The smallest absolute Gasteiger partial charge is 0.241 e. The summed E-state index contributed by atoms with van der Waals surface area (Å²) in [6.07, 6.45) is 6.76. The lowest BCUT2D eigenvalue weighted by Gasteiger charge is -2.32. The molecule has 7 nitrogen and oxygen atoms in total. The van der Waals surface area contributed by atoms with Gasteiger partial charge < -0.3 is 4.90 Å². The van der Waals surface area contributed by atoms with Gasteiger partial charge in [-0.05, 0) is 48.6 Å². The van der Waals surface area contributed by atoms with E-state index >= 15 is 0 Å². The average molecular weight is 475 g/mol. The maximum Gasteiger partial charge on any atom is 0.241 e. The van der Waals surface area contributed by atoms with Crippen molar-refractivity contribution in [1.29, 1.82) is 0 Å². The molecule has 0 spiro atoms. The molecular formula is C26H26N4O3S. The Bertz CT molecular complexity index is 1210. The van der Waals surface area contributed by atoms with Gasteiger partial charge in [0.15, 0.2) is 0 Å². The first-order valence-electron chi connectivity index (χ1n) is 11.5. The van der Waals surface area contributed by atoms with Crippen LogP contribution in [0.3, 0.4) is 0 Å². The Labute approximate surface area is 202 Å². The van der Waals surface area contributed by atoms with Crippen LogP contribution in [0.25, 0.3) is 0 Å². The lowest BCUT2D eigenvalue weighted by atomic mass is 9.74. The van der Waals surface area contributed by atoms with Crippen molar-refractivity contribution >= 4 is 29.1 Å². The molecule has 0 unspecified atom stereocenters. The quantitative estimate of drug-likeness (QED) is 0.508. The Morgan fingerprint density at radius 2 is 1.94 bits per heavy atom. The van der Waals surface area contributed by atoms with Gasteiger partial charge in [0.05, 0.1) is 18.0 Å². The van der Waals surface area contributed by atoms with Crippen molar-refractivity contribution in [3.8, 4) is 0 Å². The molecule has 3 aromatic rings. The molecule has 0 N–H and O–H groups in total. The van der Waals surface area contributed by atoms with Crippen LogP contribution in [0.15, 0.2) is 60.4 Å². The second kappa shape index (κ2) is 9.10. The molecule has 1 aromatic carbocycles. The van der Waals surface area contributed by atoms with Crippen LogP contribution in [-0.2, 0) is 26.3 Å². The van der Waals surface area contributed by atoms with Crippen LogP contribution in [0.1, 0.15) is 53.4 Å². The Morgan fingerprint density at radius 1 is 1.15 bits per heavy atom. The fraction of sp³-hybridized carbons (Fsp3) is 0.346. The van der Waals surface area contributed by atoms with Crippen LogP contribution in [0.4, 0.5) is 0 Å². The molecule has 2 fully saturated rings. The number of benzene rings is 1. The van der Waals surface area contributed by atoms with Gasteiger partial charge >= 0.3 is 0 Å². The second-order valence-electron chi connectivity index (χ2n) is 9.01. The first-order chi connectivity index (χ1) is 16.5. The molecule has 8 heteroatoms. The molecule has 34 heavy (non-hydrogen) atoms. The number of hydrogen-bond acceptors (Lipinski definition) is 6. The highest BCUT2D eigenvalue weighted by molar-refractivity contribution is 7.09. The molecule has 3 amide bonds. The second-order valence-corrected chi connectivity index (χ2v) is 9.93. The van der Waals surface area contributed by atoms with Crippen LogP contribution in [0, 0.1) is 6.92 Å². The van der Waals surface area contributed by atoms with Crippen LogP contribution < -0.4 is 0 Å². The zero-order valence-electron chi connectivity index (χ0n) is 19.0. The van der Waals surface area contributed by atoms with Crippen LogP contribution in [0.5, 0.6) is 0 Å². The van der Waals surface area contributed by atoms with Gasteiger partial charge in [-0.25, -0.2) is 4.98 Å². The van der Waals surface area contributed by atoms with Gasteiger partial charge in [0.1, 0.15) is 5.01 Å². The highest BCUT2D eigenvalue weighted by atomic mass is 32.1. The maximum atomic E-state index is 14.0. The highest BCUT2D eigenvalue weighted by Crippen LogP contribution is 2.43. The molecule has 174 valence electrons. The van der Waals surface area contributed by atoms with Gasteiger partial charge in [-0.2, -0.15) is 0 Å². The highest BCUT2D eigenvalue weighted by Gasteiger charge is 2.55. The third kappa shape index (κ3) is 3.92. The van der Waals surface area contributed by atoms with Gasteiger partial charge in [-0.1, -0.05) is 24.3 Å². The Hall–Kier alpha value is -3.39. The summed E-state index contributed by atoms with van der Waals surface area (Å²) in [5, 5.41) is 2.84. The minimum Gasteiger partial charge on any atom is -0.333 e. The number of imide groups is 1. The van der Waals surface area contributed by atoms with Crippen molar-refractivity contribution in [2.45, 2.75) is 50.6 Å². The van der Waals surface area contributed by atoms with Crippen molar-refractivity contribution < 1.29 is 14.4 Å². The van der Waals surface area contributed by atoms with Crippen molar-refractivity contribution in [3.05, 3.63) is 82.1 Å². The number of likely N-dealkylation sites (tertiary alicyclic amines) is 2. The summed E-state index contributed by atoms with van der Waals surface area (Å²) in [6.45, 7) is 2.74. The fourth-order valence-electron chi connectivity index (χ4n) is 5.27. The van der Waals surface area contributed by atoms with Crippen molar-refractivity contribution in [3.63, 3.8) is 0 Å². The van der Waals surface area contributed by atoms with E-state index < -0.39 is 5.41 Å². The van der Waals surface area contributed by atoms with E-state index in [9.17, 15) is 14.4 Å². The molecule has 4 heterocycles. The minimum absolute atomic E-state index is 0.0106. The van der Waals surface area contributed by atoms with E-state index in [4.69, 9.17) is 0 Å². The van der Waals surface area contributed by atoms with Crippen LogP contribution >= 0.6 is 11.3 Å². The van der Waals surface area contributed by atoms with Gasteiger partial charge in [-0.3, -0.25) is 24.3 Å². The number of amides is 3. The molecule has 2 atom stereocenters. The molecule has 0 radical (unpaired) electrons. The SMILES string of the molecule is Cc1ccccc1[C@]1(CC(=O)N2CCC[C@H]2c2nccs2)CC(=O)N(Cc2ccncc2)C1=O. The van der Waals surface area contributed by atoms with Crippen LogP contribution in [-0.4, -0.2) is 44.0 Å². The zero-order chi connectivity index (χ0) is 23.7. The predicted octanol–water partition coefficient (Wildman–Crippen LogP) is 3.80. The molecule has 0 saturated carbocycles. The summed E-state index contributed by atoms with van der Waals surface area (Å²) in [7, 11) is 0. The number of aryl methyl sites for hydroxylation is 1. The summed E-state index contributed by atoms with van der Waals surface area (Å²) in [4.78, 5) is 52.5. The topological polar surface area (TPSA) is 83.5 Å². The van der Waals surface area contributed by atoms with E-state index in [2.05, 4.69) is 9.97 Å². The summed E-state index contributed by atoms with van der Waals surface area (Å²) in [5.41, 5.74) is 1.28. The predicted molar refractivity (Wildman–Crippen MR) is 128 cm³/mol. The molecule has 0 aliphatic carbocycles. The van der Waals surface area contributed by atoms with Crippen molar-refractivity contribution in [2.24, 2.45) is 0 Å². The standard InChI is InChI=1S/C26H26N4O3S/c1-18-5-2-3-6-20(18)26(15-22(31)29-13-4-7-21(29)24-28-12-14-34-24)16-23(32)30(25(26)33)17-19-8-10-27-11-9-19/h2-3,5-6,8-12,14,21H,4,7,13,15-17H2,1H3/t21-,26-/m0/s1. The summed E-state index contributed by atoms with van der Waals surface area (Å²) in [5.74, 6) is -0.661. The number of carbonyl (C=O) groups is 3. The molecule has 2 aromatic heterocycles. The van der Waals surface area contributed by atoms with E-state index in [1.807, 2.05) is 41.5 Å². The minimum atomic E-state index is -1.21. The lowest BCUT2D eigenvalue weighted by molar-refractivity contribution is -0.143. The number of rotatable bonds is 6. The third-order valence-electron chi connectivity index (χ3n) is 6.92. The Kier molecular flexibility index (Phi) is 6.00. The third-order valence-corrected chi connectivity index (χ3v) is 7.80. The maximum absolute atomic E-state index is 14.0. The Morgan fingerprint density at radius 3 is 2.68 bits per heavy atom. The zero-order valence-corrected chi connectivity index (χ0v) is 19.8. The first-order valence-corrected chi connectivity index (χ1v) is 12.4. The van der Waals surface area contributed by atoms with E-state index in [0.717, 1.165) is 34.5 Å². The molecule has 2 aliphatic rings. The molecule has 2 aliphatic heterocycles. The summed E-state index contributed by atoms with van der Waals surface area (Å²) < 4.78 is 0. The van der Waals surface area contributed by atoms with Crippen molar-refractivity contribution in [2.75, 3.05) is 6.54 Å². The van der Waals surface area contributed by atoms with Crippen molar-refractivity contribution in [1.82, 2.24) is 19.8 Å². The molecule has 2 saturated heterocycles. The summed E-state index contributed by atoms with van der Waals surface area (Å²) >= 11 is 1.55. The number of carbonyl (C=O) groups excluding carboxylic acids is 3. The van der Waals surface area contributed by atoms with E-state index in [1.54, 1.807) is 42.1 Å². The van der Waals surface area contributed by atoms with Gasteiger partial charge in [0.25, 0.3) is 0 Å². The van der Waals surface area contributed by atoms with E-state index in [1.165, 1.54) is 4.90 Å². The normalized spacial score (nSPS) is 22.6.